The Morgan fingerprint density at radius 2 is 0.472 bits per heavy atom. The molecule has 5 heteroatoms. The van der Waals surface area contributed by atoms with Gasteiger partial charge in [-0.25, -0.2) is 0 Å². The number of benzene rings is 13. The van der Waals surface area contributed by atoms with Crippen molar-refractivity contribution < 1.29 is 0 Å². The largest absolute Gasteiger partial charge is 0.311 e. The van der Waals surface area contributed by atoms with Crippen molar-refractivity contribution in [1.29, 1.82) is 0 Å². The number of rotatable bonds is 8. The van der Waals surface area contributed by atoms with E-state index in [0.717, 1.165) is 34.1 Å². The summed E-state index contributed by atoms with van der Waals surface area (Å²) >= 11 is 0. The Labute approximate surface area is 762 Å². The fourth-order valence-corrected chi connectivity index (χ4v) is 20.4. The van der Waals surface area contributed by atoms with Crippen LogP contribution in [0.1, 0.15) is 290 Å². The quantitative estimate of drug-likeness (QED) is 0.141. The SMILES string of the molecule is CC(C)(C)c1ccc(C(C)(C)C)c(-c2ccc(-c3cc(C(C)(C)C)ccc3C(C)(C)C)c(N3c4cc(-n5c6ccccc6c6cc(C(C)(C)C)ccc65)ccc4B4c5ccc(-n6c7ccccc7c7cc(C(C)(C)C)ccc76)cc5N(c5cc(-c6cc(C(C)(C)C)ccc6C(C)(C)C)ccc5-c5cc(C(C)(C)C)ccc5C(C)(C)C)c5cc(C(C)(C)C)cc3c54)c2)c1. The number of anilines is 6. The zero-order valence-electron chi connectivity index (χ0n) is 83.0. The van der Waals surface area contributed by atoms with Crippen LogP contribution in [0, 0.1) is 0 Å². The van der Waals surface area contributed by atoms with Crippen molar-refractivity contribution in [2.24, 2.45) is 0 Å². The molecule has 4 nitrogen and oxygen atoms in total. The summed E-state index contributed by atoms with van der Waals surface area (Å²) in [7, 11) is 0. The van der Waals surface area contributed by atoms with Crippen molar-refractivity contribution in [3.05, 3.63) is 304 Å². The first-order valence-corrected chi connectivity index (χ1v) is 47.0. The third-order valence-electron chi connectivity index (χ3n) is 28.0. The normalized spacial score (nSPS) is 14.0. The highest BCUT2D eigenvalue weighted by molar-refractivity contribution is 7.00. The number of aromatic nitrogens is 2. The average Bonchev–Trinajstić information content (AvgIpc) is 1.12. The van der Waals surface area contributed by atoms with E-state index in [1.807, 2.05) is 0 Å². The van der Waals surface area contributed by atoms with E-state index < -0.39 is 0 Å². The van der Waals surface area contributed by atoms with E-state index in [2.05, 4.69) is 490 Å². The van der Waals surface area contributed by atoms with Crippen LogP contribution >= 0.6 is 0 Å². The molecule has 0 N–H and O–H groups in total. The molecule has 0 amide bonds. The van der Waals surface area contributed by atoms with Gasteiger partial charge >= 0.3 is 0 Å². The van der Waals surface area contributed by atoms with Crippen molar-refractivity contribution in [2.75, 3.05) is 9.80 Å². The second-order valence-corrected chi connectivity index (χ2v) is 48.9. The fraction of sp³-hybridized carbons (Fsp3) is 0.361. The van der Waals surface area contributed by atoms with E-state index >= 15 is 0 Å². The number of fused-ring (bicyclic) bond motifs is 10. The van der Waals surface area contributed by atoms with Gasteiger partial charge in [0.05, 0.1) is 33.4 Å². The van der Waals surface area contributed by atoms with Crippen LogP contribution in [0.4, 0.5) is 34.1 Å². The van der Waals surface area contributed by atoms with Gasteiger partial charge in [-0.15, -0.1) is 0 Å². The van der Waals surface area contributed by atoms with Crippen LogP contribution in [0.15, 0.2) is 243 Å². The summed E-state index contributed by atoms with van der Waals surface area (Å²) in [6, 6.07) is 98.4. The molecule has 0 fully saturated rings. The van der Waals surface area contributed by atoms with Gasteiger partial charge in [0.15, 0.2) is 0 Å². The lowest BCUT2D eigenvalue weighted by Crippen LogP contribution is -2.61. The van der Waals surface area contributed by atoms with E-state index in [0.29, 0.717) is 0 Å². The molecule has 4 heterocycles. The van der Waals surface area contributed by atoms with Gasteiger partial charge in [0.25, 0.3) is 6.71 Å². The minimum absolute atomic E-state index is 0.0633. The Balaban J connectivity index is 1.10. The smallest absolute Gasteiger partial charge is 0.252 e. The molecule has 0 spiro atoms. The molecule has 0 bridgehead atoms. The second kappa shape index (κ2) is 29.9. The lowest BCUT2D eigenvalue weighted by atomic mass is 9.33. The highest BCUT2D eigenvalue weighted by Crippen LogP contribution is 2.56. The van der Waals surface area contributed by atoms with Crippen LogP contribution in [0.2, 0.25) is 0 Å². The van der Waals surface area contributed by atoms with Gasteiger partial charge in [-0.1, -0.05) is 386 Å². The van der Waals surface area contributed by atoms with Crippen molar-refractivity contribution in [1.82, 2.24) is 9.13 Å². The summed E-state index contributed by atoms with van der Waals surface area (Å²) in [5.74, 6) is 0. The van der Waals surface area contributed by atoms with Crippen LogP contribution in [-0.2, 0) is 59.6 Å². The summed E-state index contributed by atoms with van der Waals surface area (Å²) in [6.45, 7) is 78.5. The van der Waals surface area contributed by atoms with Crippen molar-refractivity contribution in [3.8, 4) is 55.9 Å². The molecular weight excluding hydrogens is 1530 g/mol. The van der Waals surface area contributed by atoms with Crippen LogP contribution in [0.5, 0.6) is 0 Å². The fourth-order valence-electron chi connectivity index (χ4n) is 20.4. The average molecular weight is 1670 g/mol. The Morgan fingerprint density at radius 1 is 0.189 bits per heavy atom. The maximum Gasteiger partial charge on any atom is 0.252 e. The predicted octanol–water partition coefficient (Wildman–Crippen LogP) is 32.9. The first-order chi connectivity index (χ1) is 58.9. The van der Waals surface area contributed by atoms with E-state index in [1.54, 1.807) is 0 Å². The second-order valence-electron chi connectivity index (χ2n) is 48.9. The predicted molar refractivity (Wildman–Crippen MR) is 557 cm³/mol. The number of hydrogen-bond donors (Lipinski definition) is 0. The van der Waals surface area contributed by atoms with Crippen LogP contribution in [0.3, 0.4) is 0 Å². The van der Waals surface area contributed by atoms with Gasteiger partial charge in [0, 0.05) is 66.8 Å². The molecule has 0 atom stereocenters. The van der Waals surface area contributed by atoms with Gasteiger partial charge in [-0.2, -0.15) is 0 Å². The summed E-state index contributed by atoms with van der Waals surface area (Å²) in [5, 5.41) is 5.00. The van der Waals surface area contributed by atoms with E-state index in [4.69, 9.17) is 0 Å². The zero-order chi connectivity index (χ0) is 91.6. The molecule has 0 saturated carbocycles. The van der Waals surface area contributed by atoms with Crippen molar-refractivity contribution in [3.63, 3.8) is 0 Å². The molecule has 2 aromatic heterocycles. The molecule has 2 aliphatic rings. The first kappa shape index (κ1) is 88.2. The Hall–Kier alpha value is -10.9. The minimum Gasteiger partial charge on any atom is -0.311 e. The highest BCUT2D eigenvalue weighted by Gasteiger charge is 2.47. The topological polar surface area (TPSA) is 16.3 Å². The van der Waals surface area contributed by atoms with Crippen LogP contribution in [0.25, 0.3) is 99.5 Å². The summed E-state index contributed by atoms with van der Waals surface area (Å²) in [4.78, 5) is 5.62. The third kappa shape index (κ3) is 15.6. The Morgan fingerprint density at radius 3 is 0.787 bits per heavy atom. The maximum absolute atomic E-state index is 2.81. The molecule has 127 heavy (non-hydrogen) atoms. The summed E-state index contributed by atoms with van der Waals surface area (Å²) < 4.78 is 5.15. The number of nitrogens with zero attached hydrogens (tertiary/aromatic N) is 4. The summed E-state index contributed by atoms with van der Waals surface area (Å²) in [5.41, 5.74) is 39.8. The lowest BCUT2D eigenvalue weighted by Gasteiger charge is -2.46. The Kier molecular flexibility index (Phi) is 20.7. The van der Waals surface area contributed by atoms with E-state index in [1.165, 1.54) is 177 Å². The van der Waals surface area contributed by atoms with Gasteiger partial charge in [-0.3, -0.25) is 0 Å². The third-order valence-corrected chi connectivity index (χ3v) is 28.0. The van der Waals surface area contributed by atoms with Gasteiger partial charge in [0.1, 0.15) is 0 Å². The standard InChI is InChI=1S/C122H139BN4/c1-112(2,3)76-44-54-95(119(22,23)24)89(64-76)74-42-52-87(91-66-78(114(7,8)9)46-56-97(91)121(28,29)30)105(62-74)126-107-72-83(124-101-40-36-34-38-85(101)93-68-80(116(13,14)15)48-60-103(93)124)50-58-99(107)123-100-59-51-84(125-102-41-37-35-39-86(102)94-69-81(117(16,17)18)49-61-104(94)125)73-108(100)127(110-71-82(118(19,20)21)70-109(126)111(110)123)106-63-75(90-65-77(113(4,5)6)45-55-96(90)120(25,26)27)43-53-88(106)92-67-79(115(10,11)12)47-57-98(92)122(31,32)33/h34-73H,1-33H3. The van der Waals surface area contributed by atoms with Crippen molar-refractivity contribution >= 4 is 101 Å². The molecule has 2 aliphatic heterocycles. The van der Waals surface area contributed by atoms with Gasteiger partial charge in [-0.05, 0) is 255 Å². The molecule has 13 aromatic carbocycles. The minimum atomic E-state index is -0.382. The van der Waals surface area contributed by atoms with Crippen molar-refractivity contribution in [2.45, 2.75) is 288 Å². The Bertz CT molecular complexity index is 6550. The lowest BCUT2D eigenvalue weighted by molar-refractivity contribution is 0.578. The van der Waals surface area contributed by atoms with Crippen LogP contribution in [-0.4, -0.2) is 15.8 Å². The van der Waals surface area contributed by atoms with Gasteiger partial charge in [0.2, 0.25) is 0 Å². The molecule has 0 aliphatic carbocycles. The zero-order valence-corrected chi connectivity index (χ0v) is 83.0. The molecule has 650 valence electrons. The molecule has 15 aromatic rings. The molecule has 0 radical (unpaired) electrons. The molecular formula is C122H139BN4. The first-order valence-electron chi connectivity index (χ1n) is 47.0. The van der Waals surface area contributed by atoms with E-state index in [-0.39, 0.29) is 66.3 Å². The monoisotopic (exact) mass is 1670 g/mol. The molecule has 0 unspecified atom stereocenters. The van der Waals surface area contributed by atoms with Gasteiger partial charge < -0.3 is 18.9 Å². The maximum atomic E-state index is 2.81. The van der Waals surface area contributed by atoms with Crippen LogP contribution < -0.4 is 26.2 Å². The summed E-state index contributed by atoms with van der Waals surface area (Å²) in [6.07, 6.45) is 0. The molecule has 17 rings (SSSR count). The van der Waals surface area contributed by atoms with E-state index in [9.17, 15) is 0 Å². The molecule has 0 saturated heterocycles. The number of hydrogen-bond acceptors (Lipinski definition) is 2. The number of para-hydroxylation sites is 2. The highest BCUT2D eigenvalue weighted by atomic mass is 15.2.